The number of methoxy groups -OCH3 is 1. The number of halogens is 1. The molecule has 2 aromatic rings. The molecule has 3 rings (SSSR count). The summed E-state index contributed by atoms with van der Waals surface area (Å²) in [6, 6.07) is 8.70. The fourth-order valence-electron chi connectivity index (χ4n) is 2.58. The maximum Gasteiger partial charge on any atom is 0.145 e. The van der Waals surface area contributed by atoms with Gasteiger partial charge in [0.15, 0.2) is 0 Å². The van der Waals surface area contributed by atoms with Crippen molar-refractivity contribution < 1.29 is 4.74 Å². The molecule has 1 aliphatic heterocycles. The van der Waals surface area contributed by atoms with E-state index in [0.29, 0.717) is 6.04 Å². The lowest BCUT2D eigenvalue weighted by molar-refractivity contribution is 0.419. The fourth-order valence-corrected chi connectivity index (χ4v) is 2.58. The summed E-state index contributed by atoms with van der Waals surface area (Å²) in [4.78, 5) is 4.51. The van der Waals surface area contributed by atoms with E-state index in [1.807, 2.05) is 18.3 Å². The molecule has 0 amide bonds. The minimum absolute atomic E-state index is 0. The number of hydrogen-bond donors (Lipinski definition) is 2. The van der Waals surface area contributed by atoms with Gasteiger partial charge >= 0.3 is 0 Å². The molecule has 1 aromatic heterocycles. The fraction of sp³-hybridized carbons (Fsp3) is 0.400. The molecule has 2 N–H and O–H groups in total. The van der Waals surface area contributed by atoms with Gasteiger partial charge in [-0.1, -0.05) is 12.1 Å². The van der Waals surface area contributed by atoms with Gasteiger partial charge in [0.25, 0.3) is 0 Å². The highest BCUT2D eigenvalue weighted by Gasteiger charge is 2.13. The molecule has 0 radical (unpaired) electrons. The van der Waals surface area contributed by atoms with Crippen molar-refractivity contribution in [3.8, 4) is 5.75 Å². The van der Waals surface area contributed by atoms with Gasteiger partial charge < -0.3 is 15.4 Å². The van der Waals surface area contributed by atoms with Crippen LogP contribution in [0.2, 0.25) is 0 Å². The summed E-state index contributed by atoms with van der Waals surface area (Å²) < 4.78 is 5.33. The van der Waals surface area contributed by atoms with Gasteiger partial charge in [0.1, 0.15) is 11.3 Å². The third kappa shape index (κ3) is 3.14. The van der Waals surface area contributed by atoms with Crippen molar-refractivity contribution in [2.24, 2.45) is 0 Å². The maximum atomic E-state index is 5.33. The minimum atomic E-state index is 0. The number of nitrogens with zero attached hydrogens (tertiary/aromatic N) is 1. The Hall–Kier alpha value is -1.52. The van der Waals surface area contributed by atoms with Crippen LogP contribution in [0, 0.1) is 0 Å². The highest BCUT2D eigenvalue weighted by molar-refractivity contribution is 5.86. The Kier molecular flexibility index (Phi) is 5.04. The average Bonchev–Trinajstić information content (AvgIpc) is 2.47. The summed E-state index contributed by atoms with van der Waals surface area (Å²) in [5, 5.41) is 8.05. The number of fused-ring (bicyclic) bond motifs is 1. The highest BCUT2D eigenvalue weighted by atomic mass is 35.5. The van der Waals surface area contributed by atoms with Crippen molar-refractivity contribution in [1.82, 2.24) is 10.3 Å². The monoisotopic (exact) mass is 293 g/mol. The summed E-state index contributed by atoms with van der Waals surface area (Å²) in [7, 11) is 1.68. The second-order valence-electron chi connectivity index (χ2n) is 4.92. The number of anilines is 1. The van der Waals surface area contributed by atoms with E-state index in [4.69, 9.17) is 4.74 Å². The number of ether oxygens (including phenoxy) is 1. The summed E-state index contributed by atoms with van der Waals surface area (Å²) in [6.45, 7) is 2.18. The van der Waals surface area contributed by atoms with Gasteiger partial charge in [-0.25, -0.2) is 0 Å². The van der Waals surface area contributed by atoms with Crippen molar-refractivity contribution in [1.29, 1.82) is 0 Å². The van der Waals surface area contributed by atoms with Gasteiger partial charge in [-0.15, -0.1) is 12.4 Å². The molecular formula is C15H20ClN3O. The molecule has 1 aliphatic rings. The standard InChI is InChI=1S/C15H19N3O.ClH/c1-19-14-4-2-3-11-9-13(10-17-15(11)14)18-12-5-7-16-8-6-12;/h2-4,9-10,12,16,18H,5-8H2,1H3;1H. The van der Waals surface area contributed by atoms with Crippen LogP contribution in [-0.4, -0.2) is 31.2 Å². The van der Waals surface area contributed by atoms with Crippen molar-refractivity contribution in [2.75, 3.05) is 25.5 Å². The molecular weight excluding hydrogens is 274 g/mol. The molecule has 0 atom stereocenters. The van der Waals surface area contributed by atoms with Gasteiger partial charge in [0.2, 0.25) is 0 Å². The van der Waals surface area contributed by atoms with E-state index in [-0.39, 0.29) is 12.4 Å². The number of piperidine rings is 1. The van der Waals surface area contributed by atoms with Crippen LogP contribution >= 0.6 is 12.4 Å². The zero-order chi connectivity index (χ0) is 13.1. The number of hydrogen-bond acceptors (Lipinski definition) is 4. The molecule has 2 heterocycles. The highest BCUT2D eigenvalue weighted by Crippen LogP contribution is 2.25. The van der Waals surface area contributed by atoms with E-state index in [1.54, 1.807) is 7.11 Å². The van der Waals surface area contributed by atoms with Crippen LogP contribution in [0.25, 0.3) is 10.9 Å². The first-order valence-electron chi connectivity index (χ1n) is 6.77. The predicted octanol–water partition coefficient (Wildman–Crippen LogP) is 2.83. The maximum absolute atomic E-state index is 5.33. The summed E-state index contributed by atoms with van der Waals surface area (Å²) in [5.41, 5.74) is 2.01. The first kappa shape index (κ1) is 14.9. The molecule has 1 aromatic carbocycles. The molecule has 0 spiro atoms. The first-order chi connectivity index (χ1) is 9.36. The molecule has 5 heteroatoms. The Balaban J connectivity index is 0.00000147. The van der Waals surface area contributed by atoms with Gasteiger partial charge in [-0.05, 0) is 38.1 Å². The Morgan fingerprint density at radius 1 is 1.30 bits per heavy atom. The summed E-state index contributed by atoms with van der Waals surface area (Å²) in [6.07, 6.45) is 4.22. The molecule has 1 fully saturated rings. The Bertz CT molecular complexity index is 570. The number of rotatable bonds is 3. The number of benzene rings is 1. The van der Waals surface area contributed by atoms with Crippen LogP contribution in [-0.2, 0) is 0 Å². The molecule has 0 saturated carbocycles. The lowest BCUT2D eigenvalue weighted by Gasteiger charge is -2.24. The quantitative estimate of drug-likeness (QED) is 0.913. The predicted molar refractivity (Wildman–Crippen MR) is 85.1 cm³/mol. The summed E-state index contributed by atoms with van der Waals surface area (Å²) in [5.74, 6) is 0.825. The zero-order valence-electron chi connectivity index (χ0n) is 11.6. The average molecular weight is 294 g/mol. The van der Waals surface area contributed by atoms with Crippen LogP contribution in [0.3, 0.4) is 0 Å². The smallest absolute Gasteiger partial charge is 0.145 e. The Morgan fingerprint density at radius 2 is 2.10 bits per heavy atom. The van der Waals surface area contributed by atoms with Gasteiger partial charge in [-0.3, -0.25) is 4.98 Å². The third-order valence-electron chi connectivity index (χ3n) is 3.60. The zero-order valence-corrected chi connectivity index (χ0v) is 12.4. The van der Waals surface area contributed by atoms with E-state index >= 15 is 0 Å². The van der Waals surface area contributed by atoms with Crippen molar-refractivity contribution in [3.05, 3.63) is 30.5 Å². The number of para-hydroxylation sites is 1. The second kappa shape index (κ2) is 6.77. The van der Waals surface area contributed by atoms with Crippen LogP contribution < -0.4 is 15.4 Å². The van der Waals surface area contributed by atoms with E-state index < -0.39 is 0 Å². The van der Waals surface area contributed by atoms with Gasteiger partial charge in [-0.2, -0.15) is 0 Å². The van der Waals surface area contributed by atoms with Crippen molar-refractivity contribution >= 4 is 29.0 Å². The van der Waals surface area contributed by atoms with Crippen molar-refractivity contribution in [3.63, 3.8) is 0 Å². The minimum Gasteiger partial charge on any atom is -0.494 e. The number of pyridine rings is 1. The molecule has 0 unspecified atom stereocenters. The van der Waals surface area contributed by atoms with Crippen LogP contribution in [0.15, 0.2) is 30.5 Å². The van der Waals surface area contributed by atoms with E-state index in [1.165, 1.54) is 0 Å². The van der Waals surface area contributed by atoms with Gasteiger partial charge in [0, 0.05) is 11.4 Å². The normalized spacial score (nSPS) is 15.7. The number of nitrogens with one attached hydrogen (secondary N) is 2. The molecule has 1 saturated heterocycles. The van der Waals surface area contributed by atoms with E-state index in [9.17, 15) is 0 Å². The van der Waals surface area contributed by atoms with E-state index in [2.05, 4.69) is 27.8 Å². The van der Waals surface area contributed by atoms with Crippen LogP contribution in [0.1, 0.15) is 12.8 Å². The van der Waals surface area contributed by atoms with Gasteiger partial charge in [0.05, 0.1) is 19.0 Å². The molecule has 20 heavy (non-hydrogen) atoms. The molecule has 4 nitrogen and oxygen atoms in total. The topological polar surface area (TPSA) is 46.2 Å². The van der Waals surface area contributed by atoms with Crippen molar-refractivity contribution in [2.45, 2.75) is 18.9 Å². The lowest BCUT2D eigenvalue weighted by atomic mass is 10.1. The Labute approximate surface area is 125 Å². The molecule has 0 bridgehead atoms. The first-order valence-corrected chi connectivity index (χ1v) is 6.77. The molecule has 0 aliphatic carbocycles. The van der Waals surface area contributed by atoms with Crippen LogP contribution in [0.5, 0.6) is 5.75 Å². The second-order valence-corrected chi connectivity index (χ2v) is 4.92. The largest absolute Gasteiger partial charge is 0.494 e. The Morgan fingerprint density at radius 3 is 2.85 bits per heavy atom. The third-order valence-corrected chi connectivity index (χ3v) is 3.60. The van der Waals surface area contributed by atoms with E-state index in [0.717, 1.165) is 48.3 Å². The SMILES string of the molecule is COc1cccc2cc(NC3CCNCC3)cnc12.Cl. The summed E-state index contributed by atoms with van der Waals surface area (Å²) >= 11 is 0. The lowest BCUT2D eigenvalue weighted by Crippen LogP contribution is -2.35. The molecule has 108 valence electrons. The number of aromatic nitrogens is 1. The van der Waals surface area contributed by atoms with Crippen LogP contribution in [0.4, 0.5) is 5.69 Å².